The van der Waals surface area contributed by atoms with Crippen LogP contribution in [0.2, 0.25) is 0 Å². The SMILES string of the molecule is Bc1cccc(C2(C3C=CC(OC(F)(F)F)=CC3)C=C(N)OC2)c1. The summed E-state index contributed by atoms with van der Waals surface area (Å²) in [7, 11) is 1.99. The number of rotatable bonds is 3. The summed E-state index contributed by atoms with van der Waals surface area (Å²) in [6.07, 6.45) is 2.14. The Labute approximate surface area is 139 Å². The number of hydrogen-bond acceptors (Lipinski definition) is 3. The van der Waals surface area contributed by atoms with Crippen LogP contribution in [0, 0.1) is 5.92 Å². The number of alkyl halides is 3. The van der Waals surface area contributed by atoms with E-state index in [1.807, 2.05) is 32.1 Å². The van der Waals surface area contributed by atoms with Crippen LogP contribution in [0.5, 0.6) is 0 Å². The average molecular weight is 335 g/mol. The van der Waals surface area contributed by atoms with E-state index in [0.29, 0.717) is 18.9 Å². The Kier molecular flexibility index (Phi) is 4.11. The van der Waals surface area contributed by atoms with Crippen molar-refractivity contribution in [1.29, 1.82) is 0 Å². The van der Waals surface area contributed by atoms with Crippen molar-refractivity contribution >= 4 is 13.3 Å². The summed E-state index contributed by atoms with van der Waals surface area (Å²) in [5.41, 5.74) is 7.47. The molecular formula is C17H17BF3NO2. The zero-order valence-electron chi connectivity index (χ0n) is 13.1. The van der Waals surface area contributed by atoms with E-state index in [-0.39, 0.29) is 11.7 Å². The maximum absolute atomic E-state index is 12.3. The van der Waals surface area contributed by atoms with Crippen molar-refractivity contribution in [2.24, 2.45) is 11.7 Å². The quantitative estimate of drug-likeness (QED) is 0.860. The van der Waals surface area contributed by atoms with Crippen LogP contribution in [0.4, 0.5) is 13.2 Å². The molecule has 1 aromatic carbocycles. The van der Waals surface area contributed by atoms with Crippen LogP contribution < -0.4 is 11.2 Å². The number of nitrogens with two attached hydrogens (primary N) is 1. The minimum atomic E-state index is -4.68. The standard InChI is InChI=1S/C17H17BF3NO2/c18-13-3-1-2-12(8-13)16(9-15(22)23-10-16)11-4-6-14(7-5-11)24-17(19,20)21/h1-4,6-9,11H,5,10,18,22H2. The number of ether oxygens (including phenoxy) is 2. The fourth-order valence-corrected chi connectivity index (χ4v) is 3.26. The molecule has 0 aromatic heterocycles. The zero-order valence-corrected chi connectivity index (χ0v) is 13.1. The van der Waals surface area contributed by atoms with E-state index in [9.17, 15) is 13.2 Å². The van der Waals surface area contributed by atoms with E-state index in [2.05, 4.69) is 10.8 Å². The molecule has 2 atom stereocenters. The minimum Gasteiger partial charge on any atom is -0.478 e. The Balaban J connectivity index is 1.89. The lowest BCUT2D eigenvalue weighted by Crippen LogP contribution is -2.35. The van der Waals surface area contributed by atoms with Crippen molar-refractivity contribution in [2.75, 3.05) is 6.61 Å². The topological polar surface area (TPSA) is 44.5 Å². The Hall–Kier alpha value is -2.31. The van der Waals surface area contributed by atoms with Crippen molar-refractivity contribution < 1.29 is 22.6 Å². The maximum Gasteiger partial charge on any atom is 0.573 e. The summed E-state index contributed by atoms with van der Waals surface area (Å²) < 4.78 is 46.5. The van der Waals surface area contributed by atoms with Crippen LogP contribution in [-0.2, 0) is 14.9 Å². The molecule has 1 heterocycles. The number of allylic oxidation sites excluding steroid dienone is 3. The van der Waals surface area contributed by atoms with Crippen LogP contribution in [0.25, 0.3) is 0 Å². The van der Waals surface area contributed by atoms with Crippen LogP contribution in [0.15, 0.2) is 60.2 Å². The molecule has 1 aliphatic carbocycles. The molecule has 0 bridgehead atoms. The van der Waals surface area contributed by atoms with Gasteiger partial charge in [-0.25, -0.2) is 0 Å². The molecule has 2 aliphatic rings. The molecule has 2 N–H and O–H groups in total. The van der Waals surface area contributed by atoms with E-state index in [1.54, 1.807) is 6.08 Å². The van der Waals surface area contributed by atoms with E-state index in [4.69, 9.17) is 10.5 Å². The summed E-state index contributed by atoms with van der Waals surface area (Å²) in [6.45, 7) is 0.362. The molecule has 0 spiro atoms. The molecular weight excluding hydrogens is 318 g/mol. The fourth-order valence-electron chi connectivity index (χ4n) is 3.26. The molecule has 126 valence electrons. The summed E-state index contributed by atoms with van der Waals surface area (Å²) in [5, 5.41) is 0. The van der Waals surface area contributed by atoms with Crippen molar-refractivity contribution in [3.8, 4) is 0 Å². The van der Waals surface area contributed by atoms with Gasteiger partial charge in [0.05, 0.1) is 5.41 Å². The van der Waals surface area contributed by atoms with Gasteiger partial charge < -0.3 is 15.2 Å². The van der Waals surface area contributed by atoms with Crippen molar-refractivity contribution in [2.45, 2.75) is 18.2 Å². The number of benzene rings is 1. The van der Waals surface area contributed by atoms with Crippen LogP contribution in [-0.4, -0.2) is 20.8 Å². The zero-order chi connectivity index (χ0) is 17.4. The fraction of sp³-hybridized carbons (Fsp3) is 0.294. The first-order chi connectivity index (χ1) is 11.3. The molecule has 0 fully saturated rings. The number of halogens is 3. The Morgan fingerprint density at radius 2 is 2.12 bits per heavy atom. The maximum atomic E-state index is 12.3. The lowest BCUT2D eigenvalue weighted by molar-refractivity contribution is -0.303. The van der Waals surface area contributed by atoms with Crippen LogP contribution in [0.1, 0.15) is 12.0 Å². The molecule has 0 saturated heterocycles. The summed E-state index contributed by atoms with van der Waals surface area (Å²) >= 11 is 0. The first kappa shape index (κ1) is 16.5. The van der Waals surface area contributed by atoms with Gasteiger partial charge in [0, 0.05) is 0 Å². The Morgan fingerprint density at radius 3 is 2.67 bits per heavy atom. The van der Waals surface area contributed by atoms with Gasteiger partial charge in [0.1, 0.15) is 20.2 Å². The van der Waals surface area contributed by atoms with E-state index in [0.717, 1.165) is 11.0 Å². The van der Waals surface area contributed by atoms with Crippen LogP contribution >= 0.6 is 0 Å². The van der Waals surface area contributed by atoms with Gasteiger partial charge in [-0.3, -0.25) is 0 Å². The van der Waals surface area contributed by atoms with Crippen molar-refractivity contribution in [3.05, 3.63) is 65.8 Å². The summed E-state index contributed by atoms with van der Waals surface area (Å²) in [5.74, 6) is 0.0844. The molecule has 0 amide bonds. The predicted octanol–water partition coefficient (Wildman–Crippen LogP) is 2.01. The minimum absolute atomic E-state index is 0.0686. The first-order valence-electron chi connectivity index (χ1n) is 7.61. The van der Waals surface area contributed by atoms with Crippen LogP contribution in [0.3, 0.4) is 0 Å². The van der Waals surface area contributed by atoms with Gasteiger partial charge in [0.25, 0.3) is 0 Å². The van der Waals surface area contributed by atoms with E-state index < -0.39 is 11.8 Å². The number of hydrogen-bond donors (Lipinski definition) is 1. The molecule has 0 saturated carbocycles. The van der Waals surface area contributed by atoms with Gasteiger partial charge in [-0.1, -0.05) is 35.8 Å². The smallest absolute Gasteiger partial charge is 0.478 e. The largest absolute Gasteiger partial charge is 0.573 e. The average Bonchev–Trinajstić information content (AvgIpc) is 2.90. The highest BCUT2D eigenvalue weighted by molar-refractivity contribution is 6.32. The van der Waals surface area contributed by atoms with Crippen molar-refractivity contribution in [3.63, 3.8) is 0 Å². The molecule has 3 nitrogen and oxygen atoms in total. The molecule has 0 radical (unpaired) electrons. The van der Waals surface area contributed by atoms with Gasteiger partial charge in [0.2, 0.25) is 0 Å². The Morgan fingerprint density at radius 1 is 1.33 bits per heavy atom. The highest BCUT2D eigenvalue weighted by Gasteiger charge is 2.43. The summed E-state index contributed by atoms with van der Waals surface area (Å²) in [4.78, 5) is 0. The molecule has 7 heteroatoms. The van der Waals surface area contributed by atoms with Gasteiger partial charge in [-0.05, 0) is 36.1 Å². The monoisotopic (exact) mass is 335 g/mol. The Bertz CT molecular complexity index is 727. The van der Waals surface area contributed by atoms with E-state index in [1.165, 1.54) is 12.2 Å². The second-order valence-corrected chi connectivity index (χ2v) is 6.10. The second kappa shape index (κ2) is 5.96. The highest BCUT2D eigenvalue weighted by atomic mass is 19.4. The molecule has 24 heavy (non-hydrogen) atoms. The molecule has 3 rings (SSSR count). The van der Waals surface area contributed by atoms with Gasteiger partial charge in [0.15, 0.2) is 5.88 Å². The first-order valence-corrected chi connectivity index (χ1v) is 7.61. The second-order valence-electron chi connectivity index (χ2n) is 6.10. The van der Waals surface area contributed by atoms with Crippen molar-refractivity contribution in [1.82, 2.24) is 0 Å². The molecule has 1 aliphatic heterocycles. The lowest BCUT2D eigenvalue weighted by atomic mass is 9.68. The van der Waals surface area contributed by atoms with E-state index >= 15 is 0 Å². The third-order valence-corrected chi connectivity index (χ3v) is 4.39. The van der Waals surface area contributed by atoms with Gasteiger partial charge in [-0.2, -0.15) is 0 Å². The third-order valence-electron chi connectivity index (χ3n) is 4.39. The third kappa shape index (κ3) is 3.30. The highest BCUT2D eigenvalue weighted by Crippen LogP contribution is 2.43. The molecule has 2 unspecified atom stereocenters. The summed E-state index contributed by atoms with van der Waals surface area (Å²) in [6, 6.07) is 7.99. The predicted molar refractivity (Wildman–Crippen MR) is 87.0 cm³/mol. The normalized spacial score (nSPS) is 26.5. The van der Waals surface area contributed by atoms with Gasteiger partial charge in [-0.15, -0.1) is 13.2 Å². The lowest BCUT2D eigenvalue weighted by Gasteiger charge is -2.34. The van der Waals surface area contributed by atoms with Gasteiger partial charge >= 0.3 is 6.36 Å². The molecule has 1 aromatic rings.